The van der Waals surface area contributed by atoms with Crippen molar-refractivity contribution >= 4 is 11.0 Å². The van der Waals surface area contributed by atoms with E-state index in [1.165, 1.54) is 16.9 Å². The number of fused-ring (bicyclic) bond motifs is 3. The summed E-state index contributed by atoms with van der Waals surface area (Å²) in [7, 11) is 0. The molecule has 0 radical (unpaired) electrons. The van der Waals surface area contributed by atoms with Gasteiger partial charge in [0.25, 0.3) is 0 Å². The molecule has 2 aromatic rings. The van der Waals surface area contributed by atoms with Gasteiger partial charge in [0.2, 0.25) is 0 Å². The van der Waals surface area contributed by atoms with Crippen LogP contribution in [0.15, 0.2) is 18.2 Å². The number of nitrogens with one attached hydrogen (secondary N) is 1. The van der Waals surface area contributed by atoms with Crippen molar-refractivity contribution in [1.29, 1.82) is 0 Å². The largest absolute Gasteiger partial charge is 0.325 e. The zero-order valence-electron chi connectivity index (χ0n) is 8.25. The SMILES string of the molecule is Cc1cccc2nc3n(c12)CCNC3. The average molecular weight is 187 g/mol. The Kier molecular flexibility index (Phi) is 1.61. The summed E-state index contributed by atoms with van der Waals surface area (Å²) in [4.78, 5) is 4.61. The number of hydrogen-bond acceptors (Lipinski definition) is 2. The Morgan fingerprint density at radius 3 is 3.29 bits per heavy atom. The summed E-state index contributed by atoms with van der Waals surface area (Å²) >= 11 is 0. The van der Waals surface area contributed by atoms with Crippen LogP contribution >= 0.6 is 0 Å². The average Bonchev–Trinajstić information content (AvgIpc) is 2.57. The Balaban J connectivity index is 2.38. The fourth-order valence-electron chi connectivity index (χ4n) is 2.18. The van der Waals surface area contributed by atoms with Crippen LogP contribution < -0.4 is 5.32 Å². The first-order chi connectivity index (χ1) is 6.86. The van der Waals surface area contributed by atoms with Gasteiger partial charge in [-0.3, -0.25) is 0 Å². The second kappa shape index (κ2) is 2.82. The Bertz CT molecular complexity index is 484. The van der Waals surface area contributed by atoms with Gasteiger partial charge in [0.1, 0.15) is 5.82 Å². The lowest BCUT2D eigenvalue weighted by molar-refractivity contribution is 0.514. The molecule has 2 heterocycles. The molecule has 0 saturated heterocycles. The predicted octanol–water partition coefficient (Wildman–Crippen LogP) is 1.45. The molecule has 3 nitrogen and oxygen atoms in total. The maximum absolute atomic E-state index is 4.61. The third kappa shape index (κ3) is 0.990. The molecule has 1 aliphatic heterocycles. The number of rotatable bonds is 0. The van der Waals surface area contributed by atoms with Crippen LogP contribution in [0.4, 0.5) is 0 Å². The number of aromatic nitrogens is 2. The van der Waals surface area contributed by atoms with Gasteiger partial charge in [-0.2, -0.15) is 0 Å². The Hall–Kier alpha value is -1.35. The highest BCUT2D eigenvalue weighted by Gasteiger charge is 2.14. The molecule has 0 atom stereocenters. The molecule has 0 unspecified atom stereocenters. The minimum Gasteiger partial charge on any atom is -0.325 e. The quantitative estimate of drug-likeness (QED) is 0.676. The molecule has 3 rings (SSSR count). The van der Waals surface area contributed by atoms with Crippen molar-refractivity contribution in [3.05, 3.63) is 29.6 Å². The third-order valence-electron chi connectivity index (χ3n) is 2.84. The molecule has 0 aliphatic carbocycles. The molecule has 0 amide bonds. The number of nitrogens with zero attached hydrogens (tertiary/aromatic N) is 2. The van der Waals surface area contributed by atoms with Gasteiger partial charge in [-0.1, -0.05) is 12.1 Å². The zero-order valence-corrected chi connectivity index (χ0v) is 8.25. The molecule has 14 heavy (non-hydrogen) atoms. The third-order valence-corrected chi connectivity index (χ3v) is 2.84. The summed E-state index contributed by atoms with van der Waals surface area (Å²) < 4.78 is 2.33. The lowest BCUT2D eigenvalue weighted by Gasteiger charge is -2.16. The van der Waals surface area contributed by atoms with E-state index >= 15 is 0 Å². The molecule has 0 bridgehead atoms. The highest BCUT2D eigenvalue weighted by Crippen LogP contribution is 2.20. The molecule has 72 valence electrons. The summed E-state index contributed by atoms with van der Waals surface area (Å²) in [5.74, 6) is 1.17. The summed E-state index contributed by atoms with van der Waals surface area (Å²) in [6, 6.07) is 6.32. The van der Waals surface area contributed by atoms with E-state index in [2.05, 4.69) is 40.0 Å². The molecule has 1 aromatic heterocycles. The number of para-hydroxylation sites is 1. The second-order valence-corrected chi connectivity index (χ2v) is 3.80. The number of aryl methyl sites for hydroxylation is 1. The summed E-state index contributed by atoms with van der Waals surface area (Å²) in [5.41, 5.74) is 3.76. The van der Waals surface area contributed by atoms with Crippen LogP contribution in [0, 0.1) is 6.92 Å². The van der Waals surface area contributed by atoms with Gasteiger partial charge in [-0.15, -0.1) is 0 Å². The van der Waals surface area contributed by atoms with E-state index in [-0.39, 0.29) is 0 Å². The highest BCUT2D eigenvalue weighted by molar-refractivity contribution is 5.79. The predicted molar refractivity (Wildman–Crippen MR) is 56.2 cm³/mol. The van der Waals surface area contributed by atoms with Gasteiger partial charge in [0, 0.05) is 13.1 Å². The lowest BCUT2D eigenvalue weighted by Crippen LogP contribution is -2.28. The van der Waals surface area contributed by atoms with E-state index in [0.29, 0.717) is 0 Å². The van der Waals surface area contributed by atoms with Crippen molar-refractivity contribution in [1.82, 2.24) is 14.9 Å². The first-order valence-corrected chi connectivity index (χ1v) is 5.02. The van der Waals surface area contributed by atoms with E-state index in [0.717, 1.165) is 25.2 Å². The molecule has 1 aliphatic rings. The van der Waals surface area contributed by atoms with Crippen molar-refractivity contribution in [2.75, 3.05) is 6.54 Å². The molecule has 0 spiro atoms. The number of imidazole rings is 1. The normalized spacial score (nSPS) is 15.8. The molecular weight excluding hydrogens is 174 g/mol. The van der Waals surface area contributed by atoms with Crippen LogP contribution in [0.5, 0.6) is 0 Å². The summed E-state index contributed by atoms with van der Waals surface area (Å²) in [6.07, 6.45) is 0. The Morgan fingerprint density at radius 1 is 1.43 bits per heavy atom. The lowest BCUT2D eigenvalue weighted by atomic mass is 10.2. The van der Waals surface area contributed by atoms with Gasteiger partial charge < -0.3 is 9.88 Å². The standard InChI is InChI=1S/C11H13N3/c1-8-3-2-4-9-11(8)14-6-5-12-7-10(14)13-9/h2-4,12H,5-7H2,1H3. The fourth-order valence-corrected chi connectivity index (χ4v) is 2.18. The maximum Gasteiger partial charge on any atom is 0.123 e. The van der Waals surface area contributed by atoms with Crippen LogP contribution in [0.3, 0.4) is 0 Å². The van der Waals surface area contributed by atoms with Crippen molar-refractivity contribution in [3.63, 3.8) is 0 Å². The minimum atomic E-state index is 0.897. The minimum absolute atomic E-state index is 0.897. The highest BCUT2D eigenvalue weighted by atomic mass is 15.2. The van der Waals surface area contributed by atoms with E-state index < -0.39 is 0 Å². The van der Waals surface area contributed by atoms with E-state index in [9.17, 15) is 0 Å². The molecule has 1 N–H and O–H groups in total. The van der Waals surface area contributed by atoms with E-state index in [1.807, 2.05) is 0 Å². The van der Waals surface area contributed by atoms with Gasteiger partial charge in [-0.25, -0.2) is 4.98 Å². The van der Waals surface area contributed by atoms with Gasteiger partial charge in [0.15, 0.2) is 0 Å². The van der Waals surface area contributed by atoms with Crippen molar-refractivity contribution in [2.45, 2.75) is 20.0 Å². The molecule has 3 heteroatoms. The van der Waals surface area contributed by atoms with Gasteiger partial charge in [0.05, 0.1) is 17.6 Å². The van der Waals surface area contributed by atoms with E-state index in [4.69, 9.17) is 0 Å². The molecule has 0 fully saturated rings. The van der Waals surface area contributed by atoms with Crippen molar-refractivity contribution in [3.8, 4) is 0 Å². The Labute approximate surface area is 82.8 Å². The summed E-state index contributed by atoms with van der Waals surface area (Å²) in [6.45, 7) is 5.14. The van der Waals surface area contributed by atoms with Crippen molar-refractivity contribution in [2.24, 2.45) is 0 Å². The van der Waals surface area contributed by atoms with Gasteiger partial charge >= 0.3 is 0 Å². The Morgan fingerprint density at radius 2 is 2.36 bits per heavy atom. The number of benzene rings is 1. The van der Waals surface area contributed by atoms with E-state index in [1.54, 1.807) is 0 Å². The van der Waals surface area contributed by atoms with Crippen LogP contribution in [-0.4, -0.2) is 16.1 Å². The van der Waals surface area contributed by atoms with Crippen molar-refractivity contribution < 1.29 is 0 Å². The first kappa shape index (κ1) is 8.00. The van der Waals surface area contributed by atoms with Crippen LogP contribution in [0.25, 0.3) is 11.0 Å². The maximum atomic E-state index is 4.61. The monoisotopic (exact) mass is 187 g/mol. The van der Waals surface area contributed by atoms with Crippen LogP contribution in [0.1, 0.15) is 11.4 Å². The first-order valence-electron chi connectivity index (χ1n) is 5.02. The van der Waals surface area contributed by atoms with Crippen LogP contribution in [0.2, 0.25) is 0 Å². The smallest absolute Gasteiger partial charge is 0.123 e. The summed E-state index contributed by atoms with van der Waals surface area (Å²) in [5, 5.41) is 3.34. The second-order valence-electron chi connectivity index (χ2n) is 3.80. The topological polar surface area (TPSA) is 29.9 Å². The van der Waals surface area contributed by atoms with Crippen LogP contribution in [-0.2, 0) is 13.1 Å². The molecule has 1 aromatic carbocycles. The van der Waals surface area contributed by atoms with Gasteiger partial charge in [-0.05, 0) is 18.6 Å². The number of hydrogen-bond donors (Lipinski definition) is 1. The fraction of sp³-hybridized carbons (Fsp3) is 0.364. The molecular formula is C11H13N3. The molecule has 0 saturated carbocycles. The zero-order chi connectivity index (χ0) is 9.54.